The molecule has 0 bridgehead atoms. The lowest BCUT2D eigenvalue weighted by Gasteiger charge is -2.12. The van der Waals surface area contributed by atoms with Gasteiger partial charge >= 0.3 is 0 Å². The molecule has 3 N–H and O–H groups in total. The van der Waals surface area contributed by atoms with Crippen molar-refractivity contribution in [2.45, 2.75) is 26.3 Å². The third-order valence-electron chi connectivity index (χ3n) is 3.08. The van der Waals surface area contributed by atoms with Gasteiger partial charge in [0.2, 0.25) is 0 Å². The first-order chi connectivity index (χ1) is 9.43. The lowest BCUT2D eigenvalue weighted by atomic mass is 10.2. The first kappa shape index (κ1) is 14.9. The summed E-state index contributed by atoms with van der Waals surface area (Å²) in [6.45, 7) is 3.87. The van der Waals surface area contributed by atoms with E-state index >= 15 is 0 Å². The van der Waals surface area contributed by atoms with Crippen LogP contribution in [0.15, 0.2) is 12.1 Å². The molecule has 0 aliphatic carbocycles. The Morgan fingerprint density at radius 2 is 2.30 bits per heavy atom. The normalized spacial score (nSPS) is 12.4. The zero-order chi connectivity index (χ0) is 14.9. The monoisotopic (exact) mass is 312 g/mol. The zero-order valence-electron chi connectivity index (χ0n) is 11.6. The van der Waals surface area contributed by atoms with E-state index in [4.69, 9.17) is 17.3 Å². The number of nitrogens with two attached hydrogens (primary N) is 1. The Kier molecular flexibility index (Phi) is 4.35. The van der Waals surface area contributed by atoms with Crippen LogP contribution in [0.1, 0.15) is 40.9 Å². The van der Waals surface area contributed by atoms with E-state index in [1.807, 2.05) is 26.0 Å². The third kappa shape index (κ3) is 2.81. The van der Waals surface area contributed by atoms with Crippen molar-refractivity contribution in [3.05, 3.63) is 32.7 Å². The van der Waals surface area contributed by atoms with Crippen molar-refractivity contribution in [3.63, 3.8) is 0 Å². The minimum atomic E-state index is -0.228. The maximum atomic E-state index is 12.3. The molecule has 0 radical (unpaired) electrons. The minimum Gasteiger partial charge on any atom is -0.395 e. The molecule has 7 heteroatoms. The summed E-state index contributed by atoms with van der Waals surface area (Å²) in [5.74, 6) is -0.228. The maximum absolute atomic E-state index is 12.3. The van der Waals surface area contributed by atoms with E-state index in [0.717, 1.165) is 10.6 Å². The van der Waals surface area contributed by atoms with Gasteiger partial charge in [0.15, 0.2) is 0 Å². The number of thiophene rings is 1. The highest BCUT2D eigenvalue weighted by Crippen LogP contribution is 2.27. The molecule has 2 rings (SSSR count). The summed E-state index contributed by atoms with van der Waals surface area (Å²) in [6.07, 6.45) is 0.697. The molecule has 0 aliphatic rings. The van der Waals surface area contributed by atoms with Crippen LogP contribution >= 0.6 is 22.9 Å². The van der Waals surface area contributed by atoms with Crippen molar-refractivity contribution in [2.75, 3.05) is 5.73 Å². The van der Waals surface area contributed by atoms with Crippen LogP contribution in [0.3, 0.4) is 0 Å². The van der Waals surface area contributed by atoms with Gasteiger partial charge in [-0.1, -0.05) is 18.5 Å². The number of carbonyl (C=O) groups excluding carboxylic acids is 1. The quantitative estimate of drug-likeness (QED) is 0.911. The number of nitrogen functional groups attached to an aromatic ring is 1. The Hall–Kier alpha value is -1.53. The van der Waals surface area contributed by atoms with E-state index in [1.165, 1.54) is 16.0 Å². The summed E-state index contributed by atoms with van der Waals surface area (Å²) in [5, 5.41) is 7.16. The SMILES string of the molecule is CCc1nn(C)c(C(=O)NC(C)c2ccc(Cl)s2)c1N. The van der Waals surface area contributed by atoms with Crippen molar-refractivity contribution in [1.29, 1.82) is 0 Å². The summed E-state index contributed by atoms with van der Waals surface area (Å²) >= 11 is 7.35. The van der Waals surface area contributed by atoms with Crippen molar-refractivity contribution >= 4 is 34.5 Å². The number of aryl methyl sites for hydroxylation is 2. The first-order valence-corrected chi connectivity index (χ1v) is 7.50. The van der Waals surface area contributed by atoms with Gasteiger partial charge in [-0.05, 0) is 25.5 Å². The molecule has 0 fully saturated rings. The number of amides is 1. The van der Waals surface area contributed by atoms with Gasteiger partial charge in [0, 0.05) is 11.9 Å². The molecule has 5 nitrogen and oxygen atoms in total. The third-order valence-corrected chi connectivity index (χ3v) is 4.49. The molecule has 1 amide bonds. The summed E-state index contributed by atoms with van der Waals surface area (Å²) in [7, 11) is 1.72. The number of halogens is 1. The van der Waals surface area contributed by atoms with E-state index in [9.17, 15) is 4.79 Å². The predicted octanol–water partition coefficient (Wildman–Crippen LogP) is 2.77. The van der Waals surface area contributed by atoms with Gasteiger partial charge in [-0.3, -0.25) is 9.48 Å². The van der Waals surface area contributed by atoms with Crippen LogP contribution in [0.25, 0.3) is 0 Å². The minimum absolute atomic E-state index is 0.126. The maximum Gasteiger partial charge on any atom is 0.272 e. The number of hydrogen-bond donors (Lipinski definition) is 2. The van der Waals surface area contributed by atoms with Crippen LogP contribution in [0.5, 0.6) is 0 Å². The largest absolute Gasteiger partial charge is 0.395 e. The Balaban J connectivity index is 2.18. The van der Waals surface area contributed by atoms with Crippen LogP contribution in [0, 0.1) is 0 Å². The molecule has 108 valence electrons. The van der Waals surface area contributed by atoms with E-state index in [1.54, 1.807) is 7.05 Å². The van der Waals surface area contributed by atoms with Crippen LogP contribution in [-0.2, 0) is 13.5 Å². The van der Waals surface area contributed by atoms with E-state index in [-0.39, 0.29) is 11.9 Å². The van der Waals surface area contributed by atoms with Crippen molar-refractivity contribution in [2.24, 2.45) is 7.05 Å². The molecule has 1 atom stereocenters. The predicted molar refractivity (Wildman–Crippen MR) is 82.2 cm³/mol. The molecular formula is C13H17ClN4OS. The molecule has 0 saturated carbocycles. The highest BCUT2D eigenvalue weighted by atomic mass is 35.5. The lowest BCUT2D eigenvalue weighted by molar-refractivity contribution is 0.0932. The van der Waals surface area contributed by atoms with Crippen LogP contribution in [0.2, 0.25) is 4.34 Å². The topological polar surface area (TPSA) is 72.9 Å². The van der Waals surface area contributed by atoms with Gasteiger partial charge in [-0.2, -0.15) is 5.10 Å². The van der Waals surface area contributed by atoms with Crippen molar-refractivity contribution in [3.8, 4) is 0 Å². The molecule has 2 aromatic heterocycles. The van der Waals surface area contributed by atoms with Gasteiger partial charge < -0.3 is 11.1 Å². The fourth-order valence-corrected chi connectivity index (χ4v) is 3.09. The van der Waals surface area contributed by atoms with Gasteiger partial charge in [0.05, 0.1) is 21.8 Å². The molecule has 20 heavy (non-hydrogen) atoms. The average molecular weight is 313 g/mol. The number of rotatable bonds is 4. The fraction of sp³-hybridized carbons (Fsp3) is 0.385. The molecule has 2 heterocycles. The van der Waals surface area contributed by atoms with Crippen molar-refractivity contribution < 1.29 is 4.79 Å². The van der Waals surface area contributed by atoms with E-state index < -0.39 is 0 Å². The van der Waals surface area contributed by atoms with Gasteiger partial charge in [-0.25, -0.2) is 0 Å². The van der Waals surface area contributed by atoms with Crippen molar-refractivity contribution in [1.82, 2.24) is 15.1 Å². The molecule has 0 saturated heterocycles. The summed E-state index contributed by atoms with van der Waals surface area (Å²) < 4.78 is 2.23. The lowest BCUT2D eigenvalue weighted by Crippen LogP contribution is -2.28. The van der Waals surface area contributed by atoms with Crippen LogP contribution in [-0.4, -0.2) is 15.7 Å². The summed E-state index contributed by atoms with van der Waals surface area (Å²) in [5.41, 5.74) is 7.56. The van der Waals surface area contributed by atoms with Gasteiger partial charge in [0.25, 0.3) is 5.91 Å². The highest BCUT2D eigenvalue weighted by Gasteiger charge is 2.21. The fourth-order valence-electron chi connectivity index (χ4n) is 2.02. The molecule has 1 unspecified atom stereocenters. The number of nitrogens with zero attached hydrogens (tertiary/aromatic N) is 2. The number of nitrogens with one attached hydrogen (secondary N) is 1. The molecule has 0 aromatic carbocycles. The van der Waals surface area contributed by atoms with Crippen LogP contribution in [0.4, 0.5) is 5.69 Å². The average Bonchev–Trinajstić information content (AvgIpc) is 2.93. The Morgan fingerprint density at radius 3 is 2.80 bits per heavy atom. The standard InChI is InChI=1S/C13H17ClN4OS/c1-4-8-11(15)12(18(3)17-8)13(19)16-7(2)9-5-6-10(14)20-9/h5-7H,4,15H2,1-3H3,(H,16,19). The Labute approximate surface area is 126 Å². The first-order valence-electron chi connectivity index (χ1n) is 6.31. The Morgan fingerprint density at radius 1 is 1.60 bits per heavy atom. The number of hydrogen-bond acceptors (Lipinski definition) is 4. The van der Waals surface area contributed by atoms with Crippen LogP contribution < -0.4 is 11.1 Å². The van der Waals surface area contributed by atoms with Gasteiger partial charge in [0.1, 0.15) is 5.69 Å². The van der Waals surface area contributed by atoms with Gasteiger partial charge in [-0.15, -0.1) is 11.3 Å². The number of anilines is 1. The number of carbonyl (C=O) groups is 1. The smallest absolute Gasteiger partial charge is 0.272 e. The molecule has 2 aromatic rings. The second-order valence-electron chi connectivity index (χ2n) is 4.52. The summed E-state index contributed by atoms with van der Waals surface area (Å²) in [6, 6.07) is 3.60. The Bertz CT molecular complexity index is 634. The second-order valence-corrected chi connectivity index (χ2v) is 6.27. The molecule has 0 aliphatic heterocycles. The summed E-state index contributed by atoms with van der Waals surface area (Å²) in [4.78, 5) is 13.3. The zero-order valence-corrected chi connectivity index (χ0v) is 13.2. The van der Waals surface area contributed by atoms with E-state index in [0.29, 0.717) is 22.1 Å². The second kappa shape index (κ2) is 5.85. The van der Waals surface area contributed by atoms with E-state index in [2.05, 4.69) is 10.4 Å². The molecule has 0 spiro atoms. The molecular weight excluding hydrogens is 296 g/mol. The highest BCUT2D eigenvalue weighted by molar-refractivity contribution is 7.16. The number of aromatic nitrogens is 2.